The number of amides is 1. The average Bonchev–Trinajstić information content (AvgIpc) is 3.42. The van der Waals surface area contributed by atoms with Gasteiger partial charge in [0.15, 0.2) is 0 Å². The topological polar surface area (TPSA) is 64.4 Å². The van der Waals surface area contributed by atoms with Crippen molar-refractivity contribution >= 4 is 5.91 Å². The number of hydrogen-bond acceptors (Lipinski definition) is 4. The van der Waals surface area contributed by atoms with Crippen LogP contribution in [0.2, 0.25) is 0 Å². The number of likely N-dealkylation sites (tertiary alicyclic amines) is 1. The lowest BCUT2D eigenvalue weighted by Crippen LogP contribution is -2.45. The van der Waals surface area contributed by atoms with E-state index in [1.54, 1.807) is 10.7 Å². The maximum absolute atomic E-state index is 13.4. The Morgan fingerprint density at radius 3 is 2.86 bits per heavy atom. The Morgan fingerprint density at radius 1 is 1.25 bits per heavy atom. The smallest absolute Gasteiger partial charge is 0.267 e. The lowest BCUT2D eigenvalue weighted by molar-refractivity contribution is -0.135. The van der Waals surface area contributed by atoms with Crippen molar-refractivity contribution in [2.24, 2.45) is 0 Å². The summed E-state index contributed by atoms with van der Waals surface area (Å²) < 4.78 is 6.98. The minimum absolute atomic E-state index is 0.0387. The number of rotatable bonds is 4. The normalized spacial score (nSPS) is 22.7. The van der Waals surface area contributed by atoms with Crippen LogP contribution < -0.4 is 5.56 Å². The van der Waals surface area contributed by atoms with E-state index >= 15 is 0 Å². The van der Waals surface area contributed by atoms with Gasteiger partial charge in [0.2, 0.25) is 5.91 Å². The SMILES string of the molecule is O=C(N1CCCC1Cn1nc2c(cc1=O)COCC2)C1(c2ccccc2)CC1. The molecule has 0 bridgehead atoms. The van der Waals surface area contributed by atoms with E-state index in [2.05, 4.69) is 17.2 Å². The van der Waals surface area contributed by atoms with E-state index in [1.807, 2.05) is 23.1 Å². The predicted molar refractivity (Wildman–Crippen MR) is 104 cm³/mol. The molecular weight excluding hydrogens is 354 g/mol. The van der Waals surface area contributed by atoms with Gasteiger partial charge in [-0.2, -0.15) is 5.10 Å². The first-order valence-corrected chi connectivity index (χ1v) is 10.2. The highest BCUT2D eigenvalue weighted by atomic mass is 16.5. The van der Waals surface area contributed by atoms with E-state index in [0.717, 1.165) is 55.5 Å². The number of nitrogens with zero attached hydrogens (tertiary/aromatic N) is 3. The van der Waals surface area contributed by atoms with Crippen molar-refractivity contribution in [2.45, 2.75) is 56.7 Å². The molecule has 1 saturated heterocycles. The molecule has 3 heterocycles. The third-order valence-electron chi connectivity index (χ3n) is 6.41. The molecule has 6 nitrogen and oxygen atoms in total. The first-order chi connectivity index (χ1) is 13.7. The van der Waals surface area contributed by atoms with Gasteiger partial charge in [-0.3, -0.25) is 9.59 Å². The van der Waals surface area contributed by atoms with E-state index in [-0.39, 0.29) is 22.9 Å². The lowest BCUT2D eigenvalue weighted by atomic mass is 9.94. The Morgan fingerprint density at radius 2 is 2.07 bits per heavy atom. The number of hydrogen-bond donors (Lipinski definition) is 0. The summed E-state index contributed by atoms with van der Waals surface area (Å²) in [6.45, 7) is 2.35. The maximum Gasteiger partial charge on any atom is 0.267 e. The molecule has 1 aromatic heterocycles. The number of ether oxygens (including phenoxy) is 1. The van der Waals surface area contributed by atoms with Gasteiger partial charge in [-0.15, -0.1) is 0 Å². The Hall–Kier alpha value is -2.47. The zero-order chi connectivity index (χ0) is 19.1. The fraction of sp³-hybridized carbons (Fsp3) is 0.500. The van der Waals surface area contributed by atoms with E-state index in [9.17, 15) is 9.59 Å². The van der Waals surface area contributed by atoms with Crippen molar-refractivity contribution in [1.82, 2.24) is 14.7 Å². The molecule has 1 amide bonds. The quantitative estimate of drug-likeness (QED) is 0.816. The first kappa shape index (κ1) is 17.6. The van der Waals surface area contributed by atoms with E-state index < -0.39 is 0 Å². The molecule has 1 saturated carbocycles. The van der Waals surface area contributed by atoms with Gasteiger partial charge >= 0.3 is 0 Å². The Kier molecular flexibility index (Phi) is 4.31. The second kappa shape index (κ2) is 6.85. The summed E-state index contributed by atoms with van der Waals surface area (Å²) in [5.41, 5.74) is 2.51. The second-order valence-corrected chi connectivity index (χ2v) is 8.18. The Labute approximate surface area is 164 Å². The number of fused-ring (bicyclic) bond motifs is 1. The van der Waals surface area contributed by atoms with Crippen LogP contribution in [0.25, 0.3) is 0 Å². The Balaban J connectivity index is 1.38. The molecule has 3 aliphatic rings. The van der Waals surface area contributed by atoms with Crippen molar-refractivity contribution in [1.29, 1.82) is 0 Å². The van der Waals surface area contributed by atoms with Crippen LogP contribution >= 0.6 is 0 Å². The van der Waals surface area contributed by atoms with E-state index in [4.69, 9.17) is 4.74 Å². The van der Waals surface area contributed by atoms with Crippen molar-refractivity contribution < 1.29 is 9.53 Å². The van der Waals surface area contributed by atoms with Gasteiger partial charge in [-0.1, -0.05) is 30.3 Å². The molecule has 1 aliphatic carbocycles. The van der Waals surface area contributed by atoms with Crippen LogP contribution in [0, 0.1) is 0 Å². The van der Waals surface area contributed by atoms with Crippen LogP contribution in [0.1, 0.15) is 42.5 Å². The molecule has 0 N–H and O–H groups in total. The van der Waals surface area contributed by atoms with Crippen molar-refractivity contribution in [3.05, 3.63) is 63.6 Å². The molecule has 5 rings (SSSR count). The van der Waals surface area contributed by atoms with Crippen LogP contribution in [-0.4, -0.2) is 39.8 Å². The summed E-state index contributed by atoms with van der Waals surface area (Å²) in [4.78, 5) is 28.0. The molecule has 2 aliphatic heterocycles. The van der Waals surface area contributed by atoms with Crippen LogP contribution in [0.5, 0.6) is 0 Å². The summed E-state index contributed by atoms with van der Waals surface area (Å²) >= 11 is 0. The number of carbonyl (C=O) groups is 1. The van der Waals surface area contributed by atoms with Crippen LogP contribution in [0.4, 0.5) is 0 Å². The summed E-state index contributed by atoms with van der Waals surface area (Å²) in [5.74, 6) is 0.223. The Bertz CT molecular complexity index is 949. The molecule has 0 radical (unpaired) electrons. The van der Waals surface area contributed by atoms with Crippen LogP contribution in [-0.2, 0) is 34.5 Å². The number of aromatic nitrogens is 2. The molecule has 1 unspecified atom stereocenters. The number of carbonyl (C=O) groups excluding carboxylic acids is 1. The third-order valence-corrected chi connectivity index (χ3v) is 6.41. The van der Waals surface area contributed by atoms with Gasteiger partial charge in [-0.25, -0.2) is 4.68 Å². The molecule has 6 heteroatoms. The molecule has 146 valence electrons. The minimum atomic E-state index is -0.352. The average molecular weight is 379 g/mol. The van der Waals surface area contributed by atoms with Gasteiger partial charge in [0.1, 0.15) is 0 Å². The molecule has 2 aromatic rings. The zero-order valence-electron chi connectivity index (χ0n) is 16.0. The highest BCUT2D eigenvalue weighted by Crippen LogP contribution is 2.50. The van der Waals surface area contributed by atoms with Crippen molar-refractivity contribution in [2.75, 3.05) is 13.2 Å². The van der Waals surface area contributed by atoms with Crippen molar-refractivity contribution in [3.8, 4) is 0 Å². The first-order valence-electron chi connectivity index (χ1n) is 10.2. The third kappa shape index (κ3) is 2.96. The highest BCUT2D eigenvalue weighted by Gasteiger charge is 2.54. The van der Waals surface area contributed by atoms with Gasteiger partial charge in [-0.05, 0) is 31.2 Å². The summed E-state index contributed by atoms with van der Waals surface area (Å²) in [6, 6.07) is 11.8. The van der Waals surface area contributed by atoms with E-state index in [1.165, 1.54) is 0 Å². The summed E-state index contributed by atoms with van der Waals surface area (Å²) in [5, 5.41) is 4.59. The second-order valence-electron chi connectivity index (χ2n) is 8.18. The fourth-order valence-electron chi connectivity index (χ4n) is 4.66. The van der Waals surface area contributed by atoms with Gasteiger partial charge in [0.05, 0.1) is 36.9 Å². The van der Waals surface area contributed by atoms with Gasteiger partial charge < -0.3 is 9.64 Å². The van der Waals surface area contributed by atoms with Gasteiger partial charge in [0, 0.05) is 24.6 Å². The number of benzene rings is 1. The van der Waals surface area contributed by atoms with Crippen molar-refractivity contribution in [3.63, 3.8) is 0 Å². The minimum Gasteiger partial charge on any atom is -0.376 e. The predicted octanol–water partition coefficient (Wildman–Crippen LogP) is 2.04. The largest absolute Gasteiger partial charge is 0.376 e. The lowest BCUT2D eigenvalue weighted by Gasteiger charge is -2.29. The fourth-order valence-corrected chi connectivity index (χ4v) is 4.66. The molecule has 28 heavy (non-hydrogen) atoms. The summed E-state index contributed by atoms with van der Waals surface area (Å²) in [7, 11) is 0. The summed E-state index contributed by atoms with van der Waals surface area (Å²) in [6.07, 6.45) is 4.46. The monoisotopic (exact) mass is 379 g/mol. The van der Waals surface area contributed by atoms with E-state index in [0.29, 0.717) is 19.8 Å². The zero-order valence-corrected chi connectivity index (χ0v) is 16.0. The standard InChI is InChI=1S/C22H25N3O3/c26-20-13-16-15-28-12-8-19(16)23-25(20)14-18-7-4-11-24(18)21(27)22(9-10-22)17-5-2-1-3-6-17/h1-3,5-6,13,18H,4,7-12,14-15H2. The molecule has 1 atom stereocenters. The maximum atomic E-state index is 13.4. The van der Waals surface area contributed by atoms with Crippen LogP contribution in [0.15, 0.2) is 41.2 Å². The molecule has 1 aromatic carbocycles. The van der Waals surface area contributed by atoms with Crippen LogP contribution in [0.3, 0.4) is 0 Å². The van der Waals surface area contributed by atoms with Gasteiger partial charge in [0.25, 0.3) is 5.56 Å². The molecular formula is C22H25N3O3. The molecule has 2 fully saturated rings. The molecule has 0 spiro atoms. The highest BCUT2D eigenvalue weighted by molar-refractivity contribution is 5.91.